The van der Waals surface area contributed by atoms with Gasteiger partial charge in [0.1, 0.15) is 23.9 Å². The van der Waals surface area contributed by atoms with E-state index in [0.29, 0.717) is 12.1 Å². The minimum absolute atomic E-state index is 0.0159. The molecule has 11 heteroatoms. The molecule has 1 aliphatic heterocycles. The van der Waals surface area contributed by atoms with E-state index in [9.17, 15) is 34.7 Å². The van der Waals surface area contributed by atoms with E-state index in [1.165, 1.54) is 19.4 Å². The van der Waals surface area contributed by atoms with E-state index < -0.39 is 55.1 Å². The lowest BCUT2D eigenvalue weighted by Gasteiger charge is -2.48. The maximum absolute atomic E-state index is 14.8. The zero-order chi connectivity index (χ0) is 27.9. The van der Waals surface area contributed by atoms with Crippen molar-refractivity contribution in [1.29, 1.82) is 0 Å². The van der Waals surface area contributed by atoms with Crippen molar-refractivity contribution >= 4 is 27.6 Å². The maximum atomic E-state index is 14.8. The average molecular weight is 541 g/mol. The molecule has 5 atom stereocenters. The molecular formula is C28H29FN2O8. The van der Waals surface area contributed by atoms with Gasteiger partial charge in [-0.2, -0.15) is 0 Å². The number of nitrogens with zero attached hydrogens (tertiary/aromatic N) is 1. The van der Waals surface area contributed by atoms with Gasteiger partial charge in [-0.15, -0.1) is 0 Å². The number of benzene rings is 3. The molecule has 1 aliphatic rings. The SMILES string of the molecule is COc1cc2c(cc1F)c(C(=O)N[C@@]1(CO)C(O)O[C@H](CO)[C@@H](O)[C@@H]1O)cn2Cc1cccc2ccccc12. The Morgan fingerprint density at radius 2 is 1.85 bits per heavy atom. The van der Waals surface area contributed by atoms with Gasteiger partial charge in [0.15, 0.2) is 17.9 Å². The number of carbonyl (C=O) groups excluding carboxylic acids is 1. The number of methoxy groups -OCH3 is 1. The minimum atomic E-state index is -2.22. The molecule has 0 bridgehead atoms. The van der Waals surface area contributed by atoms with Crippen LogP contribution in [-0.2, 0) is 11.3 Å². The molecule has 1 aromatic heterocycles. The van der Waals surface area contributed by atoms with Crippen molar-refractivity contribution in [3.8, 4) is 5.75 Å². The fourth-order valence-corrected chi connectivity index (χ4v) is 5.17. The average Bonchev–Trinajstić information content (AvgIpc) is 3.29. The lowest BCUT2D eigenvalue weighted by Crippen LogP contribution is -2.74. The molecule has 6 N–H and O–H groups in total. The van der Waals surface area contributed by atoms with Crippen LogP contribution in [-0.4, -0.2) is 86.5 Å². The molecule has 3 aromatic carbocycles. The predicted molar refractivity (Wildman–Crippen MR) is 139 cm³/mol. The second-order valence-electron chi connectivity index (χ2n) is 9.61. The maximum Gasteiger partial charge on any atom is 0.254 e. The number of ether oxygens (including phenoxy) is 2. The minimum Gasteiger partial charge on any atom is -0.494 e. The molecular weight excluding hydrogens is 511 g/mol. The molecule has 39 heavy (non-hydrogen) atoms. The summed E-state index contributed by atoms with van der Waals surface area (Å²) in [5.74, 6) is -1.60. The van der Waals surface area contributed by atoms with Crippen LogP contribution in [0.1, 0.15) is 15.9 Å². The van der Waals surface area contributed by atoms with Crippen molar-refractivity contribution in [2.24, 2.45) is 0 Å². The second kappa shape index (κ2) is 10.5. The Kier molecular flexibility index (Phi) is 7.29. The van der Waals surface area contributed by atoms with E-state index in [0.717, 1.165) is 22.4 Å². The monoisotopic (exact) mass is 540 g/mol. The number of aromatic nitrogens is 1. The van der Waals surface area contributed by atoms with Gasteiger partial charge in [-0.1, -0.05) is 42.5 Å². The van der Waals surface area contributed by atoms with Gasteiger partial charge in [-0.25, -0.2) is 4.39 Å². The fourth-order valence-electron chi connectivity index (χ4n) is 5.17. The summed E-state index contributed by atoms with van der Waals surface area (Å²) < 4.78 is 26.9. The molecule has 0 aliphatic carbocycles. The number of aliphatic hydroxyl groups is 5. The van der Waals surface area contributed by atoms with E-state index in [1.54, 1.807) is 4.57 Å². The first-order chi connectivity index (χ1) is 18.7. The first kappa shape index (κ1) is 27.0. The van der Waals surface area contributed by atoms with Gasteiger partial charge in [0.25, 0.3) is 5.91 Å². The van der Waals surface area contributed by atoms with Crippen molar-refractivity contribution in [2.45, 2.75) is 36.7 Å². The Labute approximate surface area is 222 Å². The summed E-state index contributed by atoms with van der Waals surface area (Å²) in [6.45, 7) is -1.41. The number of hydrogen-bond acceptors (Lipinski definition) is 8. The number of hydrogen-bond donors (Lipinski definition) is 6. The summed E-state index contributed by atoms with van der Waals surface area (Å²) in [5.41, 5.74) is -0.822. The molecule has 1 unspecified atom stereocenters. The summed E-state index contributed by atoms with van der Waals surface area (Å²) in [4.78, 5) is 13.6. The fraction of sp³-hybridized carbons (Fsp3) is 0.321. The summed E-state index contributed by atoms with van der Waals surface area (Å²) in [5, 5.41) is 55.8. The largest absolute Gasteiger partial charge is 0.494 e. The van der Waals surface area contributed by atoms with Gasteiger partial charge in [0.2, 0.25) is 0 Å². The normalized spacial score (nSPS) is 25.2. The number of nitrogens with one attached hydrogen (secondary N) is 1. The molecule has 10 nitrogen and oxygen atoms in total. The molecule has 1 amide bonds. The van der Waals surface area contributed by atoms with Crippen LogP contribution in [0.2, 0.25) is 0 Å². The summed E-state index contributed by atoms with van der Waals surface area (Å²) in [6.07, 6.45) is -5.42. The van der Waals surface area contributed by atoms with Gasteiger partial charge in [-0.05, 0) is 22.4 Å². The number of halogens is 1. The smallest absolute Gasteiger partial charge is 0.254 e. The zero-order valence-corrected chi connectivity index (χ0v) is 21.0. The Bertz CT molecular complexity index is 1520. The topological polar surface area (TPSA) is 154 Å². The lowest BCUT2D eigenvalue weighted by atomic mass is 9.83. The first-order valence-electron chi connectivity index (χ1n) is 12.3. The molecule has 5 rings (SSSR count). The Morgan fingerprint density at radius 3 is 2.56 bits per heavy atom. The van der Waals surface area contributed by atoms with Crippen molar-refractivity contribution in [3.05, 3.63) is 77.7 Å². The van der Waals surface area contributed by atoms with Crippen LogP contribution < -0.4 is 10.1 Å². The van der Waals surface area contributed by atoms with Gasteiger partial charge >= 0.3 is 0 Å². The Hall–Kier alpha value is -3.58. The Morgan fingerprint density at radius 1 is 1.10 bits per heavy atom. The van der Waals surface area contributed by atoms with Crippen molar-refractivity contribution in [2.75, 3.05) is 20.3 Å². The molecule has 1 fully saturated rings. The highest BCUT2D eigenvalue weighted by molar-refractivity contribution is 6.07. The number of carbonyl (C=O) groups is 1. The molecule has 0 radical (unpaired) electrons. The third-order valence-corrected chi connectivity index (χ3v) is 7.38. The number of aliphatic hydroxyl groups excluding tert-OH is 5. The Balaban J connectivity index is 1.58. The van der Waals surface area contributed by atoms with E-state index in [1.807, 2.05) is 42.5 Å². The van der Waals surface area contributed by atoms with Crippen LogP contribution >= 0.6 is 0 Å². The summed E-state index contributed by atoms with van der Waals surface area (Å²) in [6, 6.07) is 16.3. The zero-order valence-electron chi connectivity index (χ0n) is 21.0. The molecule has 206 valence electrons. The van der Waals surface area contributed by atoms with Crippen LogP contribution in [0.25, 0.3) is 21.7 Å². The first-order valence-corrected chi connectivity index (χ1v) is 12.3. The number of rotatable bonds is 7. The summed E-state index contributed by atoms with van der Waals surface area (Å²) in [7, 11) is 1.33. The highest BCUT2D eigenvalue weighted by atomic mass is 19.1. The summed E-state index contributed by atoms with van der Waals surface area (Å²) >= 11 is 0. The standard InChI is InChI=1S/C28H29FN2O8/c1-38-22-10-21-18(9-20(22)29)19(12-31(21)11-16-7-4-6-15-5-2-3-8-17(15)16)26(36)30-28(14-33)25(35)24(34)23(13-32)39-27(28)37/h2-10,12,23-25,27,32-35,37H,11,13-14H2,1H3,(H,30,36)/t23-,24-,25+,27?,28-/m1/s1. The molecule has 4 aromatic rings. The number of fused-ring (bicyclic) bond motifs is 2. The molecule has 0 spiro atoms. The van der Waals surface area contributed by atoms with E-state index in [2.05, 4.69) is 5.32 Å². The lowest BCUT2D eigenvalue weighted by molar-refractivity contribution is -0.288. The number of amides is 1. The van der Waals surface area contributed by atoms with Crippen molar-refractivity contribution < 1.29 is 44.2 Å². The predicted octanol–water partition coefficient (Wildman–Crippen LogP) is 0.883. The van der Waals surface area contributed by atoms with Gasteiger partial charge in [-0.3, -0.25) is 4.79 Å². The highest BCUT2D eigenvalue weighted by Crippen LogP contribution is 2.33. The molecule has 1 saturated heterocycles. The van der Waals surface area contributed by atoms with Gasteiger partial charge in [0, 0.05) is 24.2 Å². The van der Waals surface area contributed by atoms with Crippen LogP contribution in [0, 0.1) is 5.82 Å². The van der Waals surface area contributed by atoms with E-state index >= 15 is 0 Å². The van der Waals surface area contributed by atoms with E-state index in [-0.39, 0.29) is 16.7 Å². The van der Waals surface area contributed by atoms with Gasteiger partial charge < -0.3 is 44.9 Å². The van der Waals surface area contributed by atoms with E-state index in [4.69, 9.17) is 9.47 Å². The van der Waals surface area contributed by atoms with Crippen molar-refractivity contribution in [1.82, 2.24) is 9.88 Å². The van der Waals surface area contributed by atoms with Crippen LogP contribution in [0.5, 0.6) is 5.75 Å². The molecule has 0 saturated carbocycles. The van der Waals surface area contributed by atoms with Gasteiger partial charge in [0.05, 0.1) is 31.4 Å². The third kappa shape index (κ3) is 4.52. The second-order valence-corrected chi connectivity index (χ2v) is 9.61. The van der Waals surface area contributed by atoms with Crippen molar-refractivity contribution in [3.63, 3.8) is 0 Å². The van der Waals surface area contributed by atoms with Crippen LogP contribution in [0.3, 0.4) is 0 Å². The van der Waals surface area contributed by atoms with Crippen LogP contribution in [0.4, 0.5) is 4.39 Å². The molecule has 2 heterocycles. The highest BCUT2D eigenvalue weighted by Gasteiger charge is 2.56. The third-order valence-electron chi connectivity index (χ3n) is 7.38. The van der Waals surface area contributed by atoms with Crippen LogP contribution in [0.15, 0.2) is 60.8 Å². The quantitative estimate of drug-likeness (QED) is 0.202.